The van der Waals surface area contributed by atoms with Crippen LogP contribution in [0.2, 0.25) is 0 Å². The van der Waals surface area contributed by atoms with Crippen LogP contribution in [0.5, 0.6) is 0 Å². The molecule has 2 N–H and O–H groups in total. The topological polar surface area (TPSA) is 80.0 Å². The predicted octanol–water partition coefficient (Wildman–Crippen LogP) is 0.917. The number of amides is 1. The van der Waals surface area contributed by atoms with E-state index >= 15 is 0 Å². The van der Waals surface area contributed by atoms with Gasteiger partial charge in [0.1, 0.15) is 0 Å². The number of carbonyl (C=O) groups excluding carboxylic acids is 1. The monoisotopic (exact) mass is 252 g/mol. The molecule has 0 spiro atoms. The van der Waals surface area contributed by atoms with Gasteiger partial charge in [0, 0.05) is 13.0 Å². The van der Waals surface area contributed by atoms with E-state index in [9.17, 15) is 4.79 Å². The summed E-state index contributed by atoms with van der Waals surface area (Å²) in [4.78, 5) is 15.7. The van der Waals surface area contributed by atoms with E-state index in [0.29, 0.717) is 30.8 Å². The van der Waals surface area contributed by atoms with Gasteiger partial charge in [-0.1, -0.05) is 24.4 Å². The number of carbonyl (C=O) groups is 1. The maximum atomic E-state index is 11.7. The van der Waals surface area contributed by atoms with E-state index in [1.807, 2.05) is 0 Å². The zero-order valence-corrected chi connectivity index (χ0v) is 10.7. The Hall–Kier alpha value is -1.43. The van der Waals surface area contributed by atoms with Gasteiger partial charge in [-0.25, -0.2) is 0 Å². The van der Waals surface area contributed by atoms with Gasteiger partial charge in [-0.05, 0) is 12.8 Å². The maximum Gasteiger partial charge on any atom is 0.234 e. The summed E-state index contributed by atoms with van der Waals surface area (Å²) in [6, 6.07) is 0.362. The Kier molecular flexibility index (Phi) is 4.69. The van der Waals surface area contributed by atoms with Crippen molar-refractivity contribution in [3.05, 3.63) is 11.7 Å². The lowest BCUT2D eigenvalue weighted by molar-refractivity contribution is -0.121. The Morgan fingerprint density at radius 3 is 2.83 bits per heavy atom. The minimum atomic E-state index is 0.0436. The molecule has 0 aliphatic heterocycles. The van der Waals surface area contributed by atoms with Crippen molar-refractivity contribution in [2.24, 2.45) is 0 Å². The van der Waals surface area contributed by atoms with Crippen molar-refractivity contribution in [1.82, 2.24) is 20.8 Å². The first kappa shape index (κ1) is 13.0. The van der Waals surface area contributed by atoms with E-state index in [4.69, 9.17) is 4.52 Å². The SMILES string of the molecule is Cc1nc(CNCC(=O)NC2CCCCC2)no1. The third-order valence-electron chi connectivity index (χ3n) is 3.11. The molecule has 1 amide bonds. The molecule has 1 aromatic rings. The largest absolute Gasteiger partial charge is 0.352 e. The molecule has 0 radical (unpaired) electrons. The van der Waals surface area contributed by atoms with Crippen LogP contribution in [0.25, 0.3) is 0 Å². The molecule has 1 aliphatic carbocycles. The Morgan fingerprint density at radius 1 is 1.39 bits per heavy atom. The average molecular weight is 252 g/mol. The fourth-order valence-corrected chi connectivity index (χ4v) is 2.23. The van der Waals surface area contributed by atoms with Crippen LogP contribution >= 0.6 is 0 Å². The first-order valence-corrected chi connectivity index (χ1v) is 6.53. The Morgan fingerprint density at radius 2 is 2.17 bits per heavy atom. The highest BCUT2D eigenvalue weighted by atomic mass is 16.5. The molecule has 6 heteroatoms. The number of hydrogen-bond donors (Lipinski definition) is 2. The fraction of sp³-hybridized carbons (Fsp3) is 0.750. The zero-order chi connectivity index (χ0) is 12.8. The Balaban J connectivity index is 1.62. The summed E-state index contributed by atoms with van der Waals surface area (Å²) in [6.45, 7) is 2.49. The quantitative estimate of drug-likeness (QED) is 0.814. The molecular weight excluding hydrogens is 232 g/mol. The predicted molar refractivity (Wildman–Crippen MR) is 65.8 cm³/mol. The summed E-state index contributed by atoms with van der Waals surface area (Å²) in [7, 11) is 0. The average Bonchev–Trinajstić information content (AvgIpc) is 2.76. The third kappa shape index (κ3) is 4.10. The van der Waals surface area contributed by atoms with E-state index in [1.54, 1.807) is 6.92 Å². The zero-order valence-electron chi connectivity index (χ0n) is 10.7. The van der Waals surface area contributed by atoms with Crippen LogP contribution in [0.15, 0.2) is 4.52 Å². The van der Waals surface area contributed by atoms with Gasteiger partial charge in [-0.15, -0.1) is 0 Å². The van der Waals surface area contributed by atoms with Gasteiger partial charge in [0.05, 0.1) is 13.1 Å². The van der Waals surface area contributed by atoms with Gasteiger partial charge >= 0.3 is 0 Å². The number of nitrogens with zero attached hydrogens (tertiary/aromatic N) is 2. The summed E-state index contributed by atoms with van der Waals surface area (Å²) in [5.74, 6) is 1.17. The van der Waals surface area contributed by atoms with Crippen molar-refractivity contribution in [1.29, 1.82) is 0 Å². The van der Waals surface area contributed by atoms with Crippen molar-refractivity contribution in [3.8, 4) is 0 Å². The van der Waals surface area contributed by atoms with Crippen LogP contribution in [0.3, 0.4) is 0 Å². The first-order chi connectivity index (χ1) is 8.74. The summed E-state index contributed by atoms with van der Waals surface area (Å²) >= 11 is 0. The van der Waals surface area contributed by atoms with Crippen molar-refractivity contribution < 1.29 is 9.32 Å². The highest BCUT2D eigenvalue weighted by molar-refractivity contribution is 5.78. The van der Waals surface area contributed by atoms with Gasteiger partial charge in [-0.2, -0.15) is 4.98 Å². The number of aryl methyl sites for hydroxylation is 1. The third-order valence-corrected chi connectivity index (χ3v) is 3.11. The molecule has 1 aliphatic rings. The molecule has 18 heavy (non-hydrogen) atoms. The van der Waals surface area contributed by atoms with Crippen LogP contribution in [0, 0.1) is 6.92 Å². The second-order valence-electron chi connectivity index (χ2n) is 4.74. The van der Waals surface area contributed by atoms with Crippen LogP contribution in [-0.2, 0) is 11.3 Å². The van der Waals surface area contributed by atoms with Crippen molar-refractivity contribution in [3.63, 3.8) is 0 Å². The second kappa shape index (κ2) is 6.49. The van der Waals surface area contributed by atoms with Crippen LogP contribution in [-0.4, -0.2) is 28.6 Å². The van der Waals surface area contributed by atoms with Gasteiger partial charge in [0.2, 0.25) is 11.8 Å². The molecule has 1 heterocycles. The van der Waals surface area contributed by atoms with Crippen molar-refractivity contribution in [2.45, 2.75) is 51.6 Å². The number of aromatic nitrogens is 2. The van der Waals surface area contributed by atoms with Gasteiger partial charge < -0.3 is 15.2 Å². The van der Waals surface area contributed by atoms with E-state index in [0.717, 1.165) is 12.8 Å². The molecule has 0 atom stereocenters. The maximum absolute atomic E-state index is 11.7. The van der Waals surface area contributed by atoms with Gasteiger partial charge in [0.25, 0.3) is 0 Å². The molecule has 0 bridgehead atoms. The molecule has 1 saturated carbocycles. The van der Waals surface area contributed by atoms with Crippen molar-refractivity contribution in [2.75, 3.05) is 6.54 Å². The van der Waals surface area contributed by atoms with Gasteiger partial charge in [0.15, 0.2) is 5.82 Å². The van der Waals surface area contributed by atoms with E-state index in [1.165, 1.54) is 19.3 Å². The van der Waals surface area contributed by atoms with E-state index in [-0.39, 0.29) is 5.91 Å². The summed E-state index contributed by atoms with van der Waals surface area (Å²) in [5, 5.41) is 9.80. The molecule has 1 aromatic heterocycles. The molecule has 1 fully saturated rings. The van der Waals surface area contributed by atoms with Gasteiger partial charge in [-0.3, -0.25) is 4.79 Å². The lowest BCUT2D eigenvalue weighted by atomic mass is 9.95. The number of nitrogens with one attached hydrogen (secondary N) is 2. The molecule has 0 aromatic carbocycles. The van der Waals surface area contributed by atoms with Crippen LogP contribution in [0.1, 0.15) is 43.8 Å². The number of rotatable bonds is 5. The highest BCUT2D eigenvalue weighted by Crippen LogP contribution is 2.16. The minimum Gasteiger partial charge on any atom is -0.352 e. The minimum absolute atomic E-state index is 0.0436. The molecule has 6 nitrogen and oxygen atoms in total. The van der Waals surface area contributed by atoms with Crippen LogP contribution < -0.4 is 10.6 Å². The summed E-state index contributed by atoms with van der Waals surface area (Å²) in [5.41, 5.74) is 0. The molecular formula is C12H20N4O2. The van der Waals surface area contributed by atoms with Crippen LogP contribution in [0.4, 0.5) is 0 Å². The Bertz CT molecular complexity index is 385. The number of hydrogen-bond acceptors (Lipinski definition) is 5. The standard InChI is InChI=1S/C12H20N4O2/c1-9-14-11(16-18-9)7-13-8-12(17)15-10-5-3-2-4-6-10/h10,13H,2-8H2,1H3,(H,15,17). The lowest BCUT2D eigenvalue weighted by Crippen LogP contribution is -2.41. The summed E-state index contributed by atoms with van der Waals surface area (Å²) < 4.78 is 4.84. The van der Waals surface area contributed by atoms with E-state index in [2.05, 4.69) is 20.8 Å². The lowest BCUT2D eigenvalue weighted by Gasteiger charge is -2.22. The highest BCUT2D eigenvalue weighted by Gasteiger charge is 2.15. The Labute approximate surface area is 107 Å². The smallest absolute Gasteiger partial charge is 0.234 e. The fourth-order valence-electron chi connectivity index (χ4n) is 2.23. The summed E-state index contributed by atoms with van der Waals surface area (Å²) in [6.07, 6.45) is 5.95. The molecule has 100 valence electrons. The molecule has 0 saturated heterocycles. The van der Waals surface area contributed by atoms with E-state index < -0.39 is 0 Å². The molecule has 2 rings (SSSR count). The normalized spacial score (nSPS) is 16.7. The second-order valence-corrected chi connectivity index (χ2v) is 4.74. The van der Waals surface area contributed by atoms with Crippen molar-refractivity contribution >= 4 is 5.91 Å². The first-order valence-electron chi connectivity index (χ1n) is 6.53. The molecule has 0 unspecified atom stereocenters.